The molecule has 1 nitrogen and oxygen atoms in total. The van der Waals surface area contributed by atoms with Gasteiger partial charge >= 0.3 is 0 Å². The van der Waals surface area contributed by atoms with Gasteiger partial charge in [-0.2, -0.15) is 0 Å². The highest BCUT2D eigenvalue weighted by Gasteiger charge is 2.12. The van der Waals surface area contributed by atoms with Gasteiger partial charge in [0.15, 0.2) is 0 Å². The minimum Gasteiger partial charge on any atom is -0.457 e. The molecule has 1 aliphatic carbocycles. The number of hydrogen-bond acceptors (Lipinski definition) is 1. The van der Waals surface area contributed by atoms with Gasteiger partial charge in [-0.15, -0.1) is 12.8 Å². The normalized spacial score (nSPS) is 40.0. The first-order valence-electron chi connectivity index (χ1n) is 3.00. The zero-order chi connectivity index (χ0) is 5.40. The highest BCUT2D eigenvalue weighted by molar-refractivity contribution is 5.66. The van der Waals surface area contributed by atoms with Crippen LogP contribution >= 0.6 is 0 Å². The van der Waals surface area contributed by atoms with E-state index in [1.165, 1.54) is 6.42 Å². The Morgan fingerprint density at radius 1 is 1.50 bits per heavy atom. The van der Waals surface area contributed by atoms with Crippen molar-refractivity contribution in [3.8, 4) is 0 Å². The minimum absolute atomic E-state index is 0.657. The molecular weight excluding hydrogens is 98.1 g/mol. The number of aliphatic imine (C=N–C) groups is 1. The lowest BCUT2D eigenvalue weighted by atomic mass is 10.0. The average Bonchev–Trinajstić information content (AvgIpc) is 2.12. The van der Waals surface area contributed by atoms with Crippen LogP contribution in [-0.2, 0) is 0 Å². The Balaban J connectivity index is 2.28. The quantitative estimate of drug-likeness (QED) is 0.327. The van der Waals surface area contributed by atoms with Crippen LogP contribution in [0.2, 0.25) is 0 Å². The predicted octanol–water partition coefficient (Wildman–Crippen LogP) is 1.42. The highest BCUT2D eigenvalue weighted by Crippen LogP contribution is 2.27. The fourth-order valence-corrected chi connectivity index (χ4v) is 1.25. The molecule has 2 unspecified atom stereocenters. The van der Waals surface area contributed by atoms with Crippen molar-refractivity contribution in [3.05, 3.63) is 18.7 Å². The molecule has 1 heterocycles. The maximum atomic E-state index is 4.09. The summed E-state index contributed by atoms with van der Waals surface area (Å²) in [6, 6.07) is 0. The molecule has 0 N–H and O–H groups in total. The van der Waals surface area contributed by atoms with Gasteiger partial charge < -0.3 is 4.99 Å². The van der Waals surface area contributed by atoms with Crippen LogP contribution in [0.5, 0.6) is 0 Å². The number of fused-ring (bicyclic) bond motifs is 2. The van der Waals surface area contributed by atoms with Crippen molar-refractivity contribution in [2.45, 2.75) is 6.42 Å². The fraction of sp³-hybridized carbons (Fsp3) is 0.429. The van der Waals surface area contributed by atoms with E-state index < -0.39 is 0 Å². The Hall–Kier alpha value is -0.720. The lowest BCUT2D eigenvalue weighted by molar-refractivity contribution is 0.642. The molecule has 1 aliphatic heterocycles. The molecule has 2 rings (SSSR count). The Labute approximate surface area is 49.1 Å². The van der Waals surface area contributed by atoms with E-state index in [0.717, 1.165) is 0 Å². The maximum absolute atomic E-state index is 4.09. The summed E-state index contributed by atoms with van der Waals surface area (Å²) in [6.07, 6.45) is 7.75. The first kappa shape index (κ1) is 4.19. The van der Waals surface area contributed by atoms with Crippen LogP contribution in [0.1, 0.15) is 6.42 Å². The Kier molecular flexibility index (Phi) is 0.720. The molecule has 0 aromatic heterocycles. The molecule has 0 saturated heterocycles. The van der Waals surface area contributed by atoms with Gasteiger partial charge in [-0.25, -0.2) is 0 Å². The van der Waals surface area contributed by atoms with Crippen molar-refractivity contribution in [2.75, 3.05) is 0 Å². The Bertz CT molecular complexity index is 144. The molecule has 0 aromatic rings. The van der Waals surface area contributed by atoms with E-state index >= 15 is 0 Å². The molecule has 2 bridgehead atoms. The average molecular weight is 106 g/mol. The topological polar surface area (TPSA) is 12.4 Å². The summed E-state index contributed by atoms with van der Waals surface area (Å²) in [5.41, 5.74) is 0. The van der Waals surface area contributed by atoms with Crippen molar-refractivity contribution in [1.29, 1.82) is 0 Å². The summed E-state index contributed by atoms with van der Waals surface area (Å²) in [6.45, 7) is 2.01. The number of rotatable bonds is 0. The monoisotopic (exact) mass is 106 g/mol. The molecule has 0 amide bonds. The second kappa shape index (κ2) is 1.38. The largest absolute Gasteiger partial charge is 0.457 e. The van der Waals surface area contributed by atoms with Crippen LogP contribution in [0.25, 0.3) is 0 Å². The number of allylic oxidation sites excluding steroid dienone is 1. The van der Waals surface area contributed by atoms with Gasteiger partial charge in [-0.1, -0.05) is 30.4 Å². The van der Waals surface area contributed by atoms with E-state index in [4.69, 9.17) is 0 Å². The van der Waals surface area contributed by atoms with Crippen molar-refractivity contribution < 1.29 is 0 Å². The van der Waals surface area contributed by atoms with Gasteiger partial charge in [-0.05, 0) is 0 Å². The van der Waals surface area contributed by atoms with Gasteiger partial charge in [0.1, 0.15) is 0 Å². The van der Waals surface area contributed by atoms with Gasteiger partial charge in [0.05, 0.1) is 0 Å². The van der Waals surface area contributed by atoms with Crippen molar-refractivity contribution in [1.82, 2.24) is 0 Å². The Morgan fingerprint density at radius 2 is 2.50 bits per heavy atom. The lowest BCUT2D eigenvalue weighted by Gasteiger charge is -2.19. The highest BCUT2D eigenvalue weighted by atomic mass is 14.7. The van der Waals surface area contributed by atoms with Crippen molar-refractivity contribution in [2.24, 2.45) is 16.8 Å². The van der Waals surface area contributed by atoms with Gasteiger partial charge in [0.25, 0.3) is 0 Å². The first-order valence-corrected chi connectivity index (χ1v) is 3.00. The van der Waals surface area contributed by atoms with E-state index in [1.807, 2.05) is 12.8 Å². The molecule has 0 saturated carbocycles. The first-order chi connectivity index (χ1) is 3.95. The van der Waals surface area contributed by atoms with Crippen LogP contribution in [-0.4, -0.2) is 6.21 Å². The van der Waals surface area contributed by atoms with Crippen LogP contribution in [0, 0.1) is 18.4 Å². The second-order valence-electron chi connectivity index (χ2n) is 2.40. The molecule has 1 heteroatoms. The van der Waals surface area contributed by atoms with Gasteiger partial charge in [0.2, 0.25) is 0 Å². The van der Waals surface area contributed by atoms with E-state index in [-0.39, 0.29) is 0 Å². The van der Waals surface area contributed by atoms with Crippen LogP contribution in [0.3, 0.4) is 0 Å². The second-order valence-corrected chi connectivity index (χ2v) is 2.40. The van der Waals surface area contributed by atoms with Crippen LogP contribution < -0.4 is 0 Å². The standard InChI is InChI=1S/C7H8N/c1-2-7-3-6(1)4-8-5-7/h1-2,4-7H,3H2/q-1. The molecule has 2 atom stereocenters. The van der Waals surface area contributed by atoms with Gasteiger partial charge in [-0.3, -0.25) is 0 Å². The fourth-order valence-electron chi connectivity index (χ4n) is 1.25. The smallest absolute Gasteiger partial charge is 0.0557 e. The molecule has 0 aromatic carbocycles. The zero-order valence-electron chi connectivity index (χ0n) is 4.62. The third kappa shape index (κ3) is 0.474. The summed E-state index contributed by atoms with van der Waals surface area (Å²) in [5, 5.41) is 0. The Morgan fingerprint density at radius 3 is 3.25 bits per heavy atom. The molecule has 0 radical (unpaired) electrons. The van der Waals surface area contributed by atoms with Crippen molar-refractivity contribution in [3.63, 3.8) is 0 Å². The molecule has 2 aliphatic rings. The summed E-state index contributed by atoms with van der Waals surface area (Å²) >= 11 is 0. The van der Waals surface area contributed by atoms with Gasteiger partial charge in [0, 0.05) is 0 Å². The minimum atomic E-state index is 0.657. The number of hydrogen-bond donors (Lipinski definition) is 0. The third-order valence-electron chi connectivity index (χ3n) is 1.70. The summed E-state index contributed by atoms with van der Waals surface area (Å²) in [5.74, 6) is 1.31. The summed E-state index contributed by atoms with van der Waals surface area (Å²) in [7, 11) is 0. The van der Waals surface area contributed by atoms with E-state index in [9.17, 15) is 0 Å². The molecule has 0 spiro atoms. The molecular formula is C7H8N-. The molecule has 0 fully saturated rings. The van der Waals surface area contributed by atoms with Crippen molar-refractivity contribution >= 4 is 6.21 Å². The van der Waals surface area contributed by atoms with E-state index in [0.29, 0.717) is 11.8 Å². The van der Waals surface area contributed by atoms with Crippen LogP contribution in [0.15, 0.2) is 17.1 Å². The lowest BCUT2D eigenvalue weighted by Crippen LogP contribution is -2.04. The third-order valence-corrected chi connectivity index (χ3v) is 1.70. The zero-order valence-corrected chi connectivity index (χ0v) is 4.62. The summed E-state index contributed by atoms with van der Waals surface area (Å²) in [4.78, 5) is 4.09. The predicted molar refractivity (Wildman–Crippen MR) is 33.5 cm³/mol. The SMILES string of the molecule is C1=CC2[CH-]N=CC1C2. The van der Waals surface area contributed by atoms with E-state index in [2.05, 4.69) is 17.1 Å². The summed E-state index contributed by atoms with van der Waals surface area (Å²) < 4.78 is 0. The molecule has 8 heavy (non-hydrogen) atoms. The van der Waals surface area contributed by atoms with Crippen LogP contribution in [0.4, 0.5) is 0 Å². The maximum Gasteiger partial charge on any atom is -0.0557 e. The molecule has 42 valence electrons. The number of nitrogens with zero attached hydrogens (tertiary/aromatic N) is 1. The van der Waals surface area contributed by atoms with E-state index in [1.54, 1.807) is 0 Å².